The van der Waals surface area contributed by atoms with Crippen LogP contribution in [-0.4, -0.2) is 41.7 Å². The summed E-state index contributed by atoms with van der Waals surface area (Å²) in [6.45, 7) is 7.81. The second-order valence-electron chi connectivity index (χ2n) is 8.00. The highest BCUT2D eigenvalue weighted by Crippen LogP contribution is 2.32. The molecule has 0 unspecified atom stereocenters. The molecule has 0 aliphatic carbocycles. The number of carbonyl (C=O) groups excluding carboxylic acids is 2. The molecule has 1 aromatic carbocycles. The van der Waals surface area contributed by atoms with Crippen LogP contribution < -0.4 is 5.32 Å². The summed E-state index contributed by atoms with van der Waals surface area (Å²) in [6, 6.07) is 6.32. The molecule has 10 heteroatoms. The molecular formula is C20H25N3O5S2. The molecule has 8 nitrogen and oxygen atoms in total. The van der Waals surface area contributed by atoms with E-state index in [4.69, 9.17) is 4.74 Å². The van der Waals surface area contributed by atoms with E-state index in [9.17, 15) is 18.0 Å². The Bertz CT molecular complexity index is 1030. The van der Waals surface area contributed by atoms with Gasteiger partial charge in [-0.1, -0.05) is 30.4 Å². The highest BCUT2D eigenvalue weighted by molar-refractivity contribution is 7.91. The second-order valence-corrected chi connectivity index (χ2v) is 11.4. The molecular weight excluding hydrogens is 426 g/mol. The number of sulfone groups is 1. The Labute approximate surface area is 180 Å². The van der Waals surface area contributed by atoms with Gasteiger partial charge in [-0.05, 0) is 38.5 Å². The average Bonchev–Trinajstić information content (AvgIpc) is 3.19. The number of hydrogen-bond donors (Lipinski definition) is 1. The lowest BCUT2D eigenvalue weighted by Crippen LogP contribution is -2.33. The molecule has 1 N–H and O–H groups in total. The van der Waals surface area contributed by atoms with Gasteiger partial charge in [-0.3, -0.25) is 9.69 Å². The van der Waals surface area contributed by atoms with Gasteiger partial charge < -0.3 is 10.1 Å². The Hall–Kier alpha value is -2.46. The van der Waals surface area contributed by atoms with Crippen molar-refractivity contribution < 1.29 is 22.7 Å². The van der Waals surface area contributed by atoms with Gasteiger partial charge in [-0.15, -0.1) is 0 Å². The van der Waals surface area contributed by atoms with Gasteiger partial charge in [-0.2, -0.15) is 0 Å². The van der Waals surface area contributed by atoms with Gasteiger partial charge in [-0.25, -0.2) is 18.2 Å². The van der Waals surface area contributed by atoms with E-state index in [-0.39, 0.29) is 29.1 Å². The zero-order chi connectivity index (χ0) is 22.1. The lowest BCUT2D eigenvalue weighted by molar-refractivity contribution is -0.115. The van der Waals surface area contributed by atoms with Crippen LogP contribution in [0.25, 0.3) is 0 Å². The van der Waals surface area contributed by atoms with Crippen molar-refractivity contribution in [3.05, 3.63) is 40.4 Å². The highest BCUT2D eigenvalue weighted by Gasteiger charge is 2.30. The summed E-state index contributed by atoms with van der Waals surface area (Å²) in [4.78, 5) is 31.7. The zero-order valence-electron chi connectivity index (χ0n) is 17.4. The minimum atomic E-state index is -3.26. The normalized spacial score (nSPS) is 13.8. The number of fused-ring (bicyclic) bond motifs is 1. The Kier molecular flexibility index (Phi) is 6.19. The quantitative estimate of drug-likeness (QED) is 0.747. The predicted molar refractivity (Wildman–Crippen MR) is 114 cm³/mol. The SMILES string of the molecule is CCS(=O)(=O)c1ccc(CC(=O)Nc2nc3c(s2)CN(C(=O)OC(C)(C)C)C3)cc1. The van der Waals surface area contributed by atoms with Crippen molar-refractivity contribution in [1.82, 2.24) is 9.88 Å². The number of nitrogens with one attached hydrogen (secondary N) is 1. The summed E-state index contributed by atoms with van der Waals surface area (Å²) >= 11 is 1.34. The van der Waals surface area contributed by atoms with E-state index >= 15 is 0 Å². The Morgan fingerprint density at radius 2 is 1.87 bits per heavy atom. The maximum Gasteiger partial charge on any atom is 0.410 e. The second kappa shape index (κ2) is 8.35. The molecule has 1 aliphatic rings. The number of hydrogen-bond acceptors (Lipinski definition) is 7. The van der Waals surface area contributed by atoms with E-state index in [1.54, 1.807) is 24.0 Å². The summed E-state index contributed by atoms with van der Waals surface area (Å²) in [5.41, 5.74) is 0.913. The molecule has 0 atom stereocenters. The van der Waals surface area contributed by atoms with Crippen molar-refractivity contribution in [2.45, 2.75) is 57.7 Å². The van der Waals surface area contributed by atoms with Crippen molar-refractivity contribution in [3.63, 3.8) is 0 Å². The van der Waals surface area contributed by atoms with Crippen LogP contribution in [0.3, 0.4) is 0 Å². The third-order valence-electron chi connectivity index (χ3n) is 4.38. The number of rotatable bonds is 5. The molecule has 3 rings (SSSR count). The van der Waals surface area contributed by atoms with Crippen LogP contribution in [0, 0.1) is 0 Å². The maximum absolute atomic E-state index is 12.3. The van der Waals surface area contributed by atoms with Crippen LogP contribution in [0.4, 0.5) is 9.93 Å². The molecule has 0 saturated heterocycles. The predicted octanol–water partition coefficient (Wildman–Crippen LogP) is 3.37. The number of aromatic nitrogens is 1. The molecule has 2 amide bonds. The van der Waals surface area contributed by atoms with Crippen molar-refractivity contribution in [2.24, 2.45) is 0 Å². The molecule has 2 heterocycles. The summed E-state index contributed by atoms with van der Waals surface area (Å²) in [6.07, 6.45) is -0.271. The number of ether oxygens (including phenoxy) is 1. The lowest BCUT2D eigenvalue weighted by atomic mass is 10.1. The number of amides is 2. The average molecular weight is 452 g/mol. The smallest absolute Gasteiger partial charge is 0.410 e. The van der Waals surface area contributed by atoms with Gasteiger partial charge in [0.05, 0.1) is 40.7 Å². The molecule has 30 heavy (non-hydrogen) atoms. The first-order chi connectivity index (χ1) is 14.0. The van der Waals surface area contributed by atoms with E-state index < -0.39 is 15.4 Å². The molecule has 0 spiro atoms. The van der Waals surface area contributed by atoms with Crippen LogP contribution in [0.5, 0.6) is 0 Å². The third-order valence-corrected chi connectivity index (χ3v) is 7.13. The van der Waals surface area contributed by atoms with Crippen LogP contribution in [0.15, 0.2) is 29.2 Å². The Morgan fingerprint density at radius 3 is 2.43 bits per heavy atom. The topological polar surface area (TPSA) is 106 Å². The molecule has 0 bridgehead atoms. The van der Waals surface area contributed by atoms with E-state index in [0.29, 0.717) is 23.8 Å². The summed E-state index contributed by atoms with van der Waals surface area (Å²) in [5, 5.41) is 3.26. The fourth-order valence-corrected chi connectivity index (χ4v) is 4.77. The fraction of sp³-hybridized carbons (Fsp3) is 0.450. The van der Waals surface area contributed by atoms with Crippen molar-refractivity contribution in [2.75, 3.05) is 11.1 Å². The lowest BCUT2D eigenvalue weighted by Gasteiger charge is -2.24. The van der Waals surface area contributed by atoms with E-state index in [0.717, 1.165) is 10.6 Å². The summed E-state index contributed by atoms with van der Waals surface area (Å²) in [5.74, 6) is -0.204. The van der Waals surface area contributed by atoms with Crippen molar-refractivity contribution in [1.29, 1.82) is 0 Å². The molecule has 0 fully saturated rings. The monoisotopic (exact) mass is 451 g/mol. The first-order valence-electron chi connectivity index (χ1n) is 9.55. The number of anilines is 1. The summed E-state index contributed by atoms with van der Waals surface area (Å²) < 4.78 is 29.1. The minimum absolute atomic E-state index is 0.0346. The van der Waals surface area contributed by atoms with Gasteiger partial charge in [0.25, 0.3) is 0 Å². The van der Waals surface area contributed by atoms with Crippen LogP contribution >= 0.6 is 11.3 Å². The number of benzene rings is 1. The van der Waals surface area contributed by atoms with E-state index in [1.165, 1.54) is 23.5 Å². The molecule has 162 valence electrons. The van der Waals surface area contributed by atoms with Gasteiger partial charge in [0.2, 0.25) is 5.91 Å². The van der Waals surface area contributed by atoms with Gasteiger partial charge in [0.15, 0.2) is 15.0 Å². The first-order valence-corrected chi connectivity index (χ1v) is 12.0. The molecule has 1 aliphatic heterocycles. The first kappa shape index (κ1) is 22.2. The number of carbonyl (C=O) groups is 2. The number of thiazole rings is 1. The fourth-order valence-electron chi connectivity index (χ4n) is 2.88. The Balaban J connectivity index is 1.56. The molecule has 1 aromatic heterocycles. The maximum atomic E-state index is 12.3. The summed E-state index contributed by atoms with van der Waals surface area (Å²) in [7, 11) is -3.26. The highest BCUT2D eigenvalue weighted by atomic mass is 32.2. The van der Waals surface area contributed by atoms with Gasteiger partial charge >= 0.3 is 6.09 Å². The van der Waals surface area contributed by atoms with Crippen molar-refractivity contribution in [3.8, 4) is 0 Å². The third kappa shape index (κ3) is 5.37. The Morgan fingerprint density at radius 1 is 1.20 bits per heavy atom. The van der Waals surface area contributed by atoms with Gasteiger partial charge in [0.1, 0.15) is 5.60 Å². The zero-order valence-corrected chi connectivity index (χ0v) is 19.0. The molecule has 2 aromatic rings. The van der Waals surface area contributed by atoms with Gasteiger partial charge in [0, 0.05) is 0 Å². The minimum Gasteiger partial charge on any atom is -0.444 e. The number of nitrogens with zero attached hydrogens (tertiary/aromatic N) is 2. The standard InChI is InChI=1S/C20H25N3O5S2/c1-5-30(26,27)14-8-6-13(7-9-14)10-17(24)22-18-21-15-11-23(12-16(15)29-18)19(25)28-20(2,3)4/h6-9H,5,10-12H2,1-4H3,(H,21,22,24). The molecule has 0 radical (unpaired) electrons. The van der Waals surface area contributed by atoms with E-state index in [1.807, 2.05) is 20.8 Å². The van der Waals surface area contributed by atoms with Crippen LogP contribution in [-0.2, 0) is 38.9 Å². The molecule has 0 saturated carbocycles. The van der Waals surface area contributed by atoms with Crippen molar-refractivity contribution >= 4 is 38.3 Å². The van der Waals surface area contributed by atoms with Crippen LogP contribution in [0.1, 0.15) is 43.8 Å². The van der Waals surface area contributed by atoms with E-state index in [2.05, 4.69) is 10.3 Å². The van der Waals surface area contributed by atoms with Crippen LogP contribution in [0.2, 0.25) is 0 Å². The largest absolute Gasteiger partial charge is 0.444 e.